The van der Waals surface area contributed by atoms with Crippen molar-refractivity contribution in [3.05, 3.63) is 196 Å². The van der Waals surface area contributed by atoms with Gasteiger partial charge in [-0.25, -0.2) is 0 Å². The van der Waals surface area contributed by atoms with Gasteiger partial charge < -0.3 is 14.4 Å². The Morgan fingerprint density at radius 1 is 0.738 bits per heavy atom. The topological polar surface area (TPSA) is 11.4 Å². The molecule has 7 aromatic rings. The molecule has 3 nitrogen and oxygen atoms in total. The van der Waals surface area contributed by atoms with Gasteiger partial charge in [0, 0.05) is 61.9 Å². The first-order chi connectivity index (χ1) is 31.4. The van der Waals surface area contributed by atoms with Crippen molar-refractivity contribution in [2.75, 3.05) is 9.80 Å². The molecule has 1 fully saturated rings. The Bertz CT molecular complexity index is 3320. The zero-order valence-corrected chi connectivity index (χ0v) is 39.0. The molecule has 3 unspecified atom stereocenters. The van der Waals surface area contributed by atoms with Gasteiger partial charge >= 0.3 is 0 Å². The second kappa shape index (κ2) is 13.5. The lowest BCUT2D eigenvalue weighted by molar-refractivity contribution is 0.292. The zero-order valence-electron chi connectivity index (χ0n) is 39.0. The Hall–Kier alpha value is -6.52. The predicted molar refractivity (Wildman–Crippen MR) is 276 cm³/mol. The third-order valence-electron chi connectivity index (χ3n) is 16.3. The van der Waals surface area contributed by atoms with E-state index >= 15 is 0 Å². The number of hydrogen-bond acceptors (Lipinski definition) is 2. The highest BCUT2D eigenvalue weighted by molar-refractivity contribution is 7.00. The molecule has 4 heteroatoms. The van der Waals surface area contributed by atoms with E-state index < -0.39 is 0 Å². The van der Waals surface area contributed by atoms with Crippen LogP contribution in [0.1, 0.15) is 75.3 Å². The van der Waals surface area contributed by atoms with Crippen LogP contribution in [0.15, 0.2) is 168 Å². The lowest BCUT2D eigenvalue weighted by Crippen LogP contribution is -2.62. The molecule has 0 radical (unpaired) electrons. The Morgan fingerprint density at radius 3 is 2.22 bits per heavy atom. The summed E-state index contributed by atoms with van der Waals surface area (Å²) in [4.78, 5) is 5.31. The molecule has 2 aliphatic heterocycles. The first-order valence-corrected chi connectivity index (χ1v) is 24.0. The first-order valence-electron chi connectivity index (χ1n) is 24.0. The summed E-state index contributed by atoms with van der Waals surface area (Å²) in [6.07, 6.45) is 14.7. The molecule has 65 heavy (non-hydrogen) atoms. The molecule has 318 valence electrons. The molecule has 4 aliphatic carbocycles. The van der Waals surface area contributed by atoms with Gasteiger partial charge in [-0.05, 0) is 142 Å². The van der Waals surface area contributed by atoms with Crippen molar-refractivity contribution in [3.63, 3.8) is 0 Å². The predicted octanol–water partition coefficient (Wildman–Crippen LogP) is 13.4. The van der Waals surface area contributed by atoms with Gasteiger partial charge in [0.25, 0.3) is 6.71 Å². The number of rotatable bonds is 4. The lowest BCUT2D eigenvalue weighted by Gasteiger charge is -2.46. The maximum atomic E-state index is 2.80. The Kier molecular flexibility index (Phi) is 8.09. The van der Waals surface area contributed by atoms with Crippen LogP contribution in [-0.4, -0.2) is 17.3 Å². The van der Waals surface area contributed by atoms with E-state index in [0.29, 0.717) is 11.8 Å². The number of benzene rings is 6. The molecule has 13 rings (SSSR count). The van der Waals surface area contributed by atoms with Gasteiger partial charge in [0.15, 0.2) is 0 Å². The van der Waals surface area contributed by atoms with Crippen molar-refractivity contribution in [1.82, 2.24) is 4.57 Å². The van der Waals surface area contributed by atoms with Gasteiger partial charge in [-0.2, -0.15) is 0 Å². The quantitative estimate of drug-likeness (QED) is 0.164. The average molecular weight is 842 g/mol. The van der Waals surface area contributed by atoms with Crippen molar-refractivity contribution in [3.8, 4) is 16.9 Å². The Labute approximate surface area is 385 Å². The van der Waals surface area contributed by atoms with Crippen LogP contribution in [0, 0.1) is 38.0 Å². The minimum absolute atomic E-state index is 0.0718. The van der Waals surface area contributed by atoms with Crippen molar-refractivity contribution in [2.24, 2.45) is 17.3 Å². The smallest absolute Gasteiger partial charge is 0.252 e. The maximum absolute atomic E-state index is 2.80. The second-order valence-corrected chi connectivity index (χ2v) is 21.5. The molecular formula is C61H56BN3. The van der Waals surface area contributed by atoms with Crippen LogP contribution in [0.25, 0.3) is 27.8 Å². The summed E-state index contributed by atoms with van der Waals surface area (Å²) in [7, 11) is 0. The average Bonchev–Trinajstić information content (AvgIpc) is 3.93. The number of para-hydroxylation sites is 3. The van der Waals surface area contributed by atoms with E-state index in [-0.39, 0.29) is 23.6 Å². The first kappa shape index (κ1) is 38.9. The minimum Gasteiger partial charge on any atom is -0.335 e. The van der Waals surface area contributed by atoms with Gasteiger partial charge in [-0.3, -0.25) is 0 Å². The summed E-state index contributed by atoms with van der Waals surface area (Å²) in [6, 6.07) is 46.7. The van der Waals surface area contributed by atoms with E-state index in [1.165, 1.54) is 112 Å². The second-order valence-electron chi connectivity index (χ2n) is 21.5. The maximum Gasteiger partial charge on any atom is 0.252 e. The van der Waals surface area contributed by atoms with Crippen LogP contribution in [-0.2, 0) is 5.41 Å². The standard InChI is InChI=1S/C61H56BN3/c1-36-31-54-57-55(32-36)65-58-45(56-59(65)44-19-11-12-22-47(44)61(56,7)8)21-15-23-49(58)62(57)48-30-28-41(63(50-24-13-9-17-37(50)2)51-25-14-10-18-38(51)3)35-53(48)64(54)52-26-16-20-43-42-29-27-40(60(4,5)6)33-39(42)34-46(43)52/h9-26,28-33,35,40,46,52H,27,34H2,1-8H3. The van der Waals surface area contributed by atoms with Crippen LogP contribution in [0.2, 0.25) is 0 Å². The van der Waals surface area contributed by atoms with Gasteiger partial charge in [0.1, 0.15) is 0 Å². The van der Waals surface area contributed by atoms with Gasteiger partial charge in [-0.1, -0.05) is 150 Å². The fourth-order valence-corrected chi connectivity index (χ4v) is 13.2. The normalized spacial score (nSPS) is 20.3. The molecule has 0 amide bonds. The summed E-state index contributed by atoms with van der Waals surface area (Å²) in [5.74, 6) is 0.871. The number of anilines is 5. The highest BCUT2D eigenvalue weighted by Gasteiger charge is 2.49. The number of nitrogens with zero attached hydrogens (tertiary/aromatic N) is 3. The molecule has 1 aromatic heterocycles. The number of fused-ring (bicyclic) bond motifs is 12. The number of allylic oxidation sites excluding steroid dienone is 6. The van der Waals surface area contributed by atoms with Gasteiger partial charge in [-0.15, -0.1) is 0 Å². The van der Waals surface area contributed by atoms with Crippen LogP contribution < -0.4 is 26.2 Å². The van der Waals surface area contributed by atoms with E-state index in [0.717, 1.165) is 12.8 Å². The fraction of sp³-hybridized carbons (Fsp3) is 0.246. The Morgan fingerprint density at radius 2 is 1.46 bits per heavy atom. The molecule has 0 spiro atoms. The van der Waals surface area contributed by atoms with Crippen LogP contribution >= 0.6 is 0 Å². The minimum atomic E-state index is -0.126. The summed E-state index contributed by atoms with van der Waals surface area (Å²) in [6.45, 7) is 19.0. The van der Waals surface area contributed by atoms with E-state index in [1.54, 1.807) is 5.57 Å². The lowest BCUT2D eigenvalue weighted by atomic mass is 9.33. The van der Waals surface area contributed by atoms with Gasteiger partial charge in [0.2, 0.25) is 0 Å². The van der Waals surface area contributed by atoms with Crippen LogP contribution in [0.4, 0.5) is 28.4 Å². The van der Waals surface area contributed by atoms with Crippen molar-refractivity contribution in [2.45, 2.75) is 79.7 Å². The van der Waals surface area contributed by atoms with E-state index in [2.05, 4.69) is 221 Å². The SMILES string of the molecule is Cc1cc2c3c(c1)-n1c4c(c5cccc(c51)B3c1ccc(N(c3ccccc3C)c3ccccc3C)cc1N2C1C=CC=C2C3=CCC(C(C)(C)C)C=C3CC21)C(C)(C)c1ccccc1-4. The molecular weight excluding hydrogens is 786 g/mol. The highest BCUT2D eigenvalue weighted by atomic mass is 15.2. The van der Waals surface area contributed by atoms with E-state index in [9.17, 15) is 0 Å². The molecule has 0 N–H and O–H groups in total. The van der Waals surface area contributed by atoms with E-state index in [1.807, 2.05) is 0 Å². The molecule has 1 saturated carbocycles. The van der Waals surface area contributed by atoms with Crippen LogP contribution in [0.3, 0.4) is 0 Å². The van der Waals surface area contributed by atoms with E-state index in [4.69, 9.17) is 0 Å². The number of aryl methyl sites for hydroxylation is 3. The summed E-state index contributed by atoms with van der Waals surface area (Å²) in [5, 5.41) is 1.38. The third kappa shape index (κ3) is 5.31. The monoisotopic (exact) mass is 841 g/mol. The zero-order chi connectivity index (χ0) is 44.3. The summed E-state index contributed by atoms with van der Waals surface area (Å²) >= 11 is 0. The van der Waals surface area contributed by atoms with Crippen molar-refractivity contribution >= 4 is 62.4 Å². The van der Waals surface area contributed by atoms with Crippen molar-refractivity contribution < 1.29 is 0 Å². The number of aromatic nitrogens is 1. The molecule has 0 bridgehead atoms. The third-order valence-corrected chi connectivity index (χ3v) is 16.3. The summed E-state index contributed by atoms with van der Waals surface area (Å²) in [5.41, 5.74) is 27.2. The largest absolute Gasteiger partial charge is 0.335 e. The highest BCUT2D eigenvalue weighted by Crippen LogP contribution is 2.56. The molecule has 0 saturated heterocycles. The molecule has 6 aliphatic rings. The van der Waals surface area contributed by atoms with Crippen LogP contribution in [0.5, 0.6) is 0 Å². The Balaban J connectivity index is 1.09. The fourth-order valence-electron chi connectivity index (χ4n) is 13.2. The summed E-state index contributed by atoms with van der Waals surface area (Å²) < 4.78 is 2.69. The molecule has 3 atom stereocenters. The number of hydrogen-bond donors (Lipinski definition) is 0. The van der Waals surface area contributed by atoms with Crippen molar-refractivity contribution in [1.29, 1.82) is 0 Å². The molecule has 6 aromatic carbocycles. The molecule has 3 heterocycles. The van der Waals surface area contributed by atoms with Gasteiger partial charge in [0.05, 0.1) is 11.7 Å².